The number of fused-ring (bicyclic) bond motifs is 1. The molecule has 10 nitrogen and oxygen atoms in total. The molecule has 1 atom stereocenters. The number of nitrogens with zero attached hydrogens (tertiary/aromatic N) is 6. The fourth-order valence-corrected chi connectivity index (χ4v) is 7.94. The van der Waals surface area contributed by atoms with Gasteiger partial charge in [0.2, 0.25) is 0 Å². The molecule has 1 unspecified atom stereocenters. The number of hydrogen-bond acceptors (Lipinski definition) is 7. The lowest BCUT2D eigenvalue weighted by molar-refractivity contribution is -0.0366. The van der Waals surface area contributed by atoms with Crippen molar-refractivity contribution in [1.29, 1.82) is 0 Å². The first kappa shape index (κ1) is 30.7. The lowest BCUT2D eigenvalue weighted by Gasteiger charge is -2.53. The monoisotopic (exact) mass is 641 g/mol. The second-order valence-electron chi connectivity index (χ2n) is 14.2. The quantitative estimate of drug-likeness (QED) is 0.343. The normalized spacial score (nSPS) is 22.7. The van der Waals surface area contributed by atoms with Gasteiger partial charge in [-0.2, -0.15) is 10.2 Å². The summed E-state index contributed by atoms with van der Waals surface area (Å²) in [6, 6.07) is 1.58. The van der Waals surface area contributed by atoms with Gasteiger partial charge in [-0.15, -0.1) is 0 Å². The largest absolute Gasteiger partial charge is 0.444 e. The fraction of sp³-hybridized carbons (Fsp3) is 0.667. The minimum atomic E-state index is -0.538. The summed E-state index contributed by atoms with van der Waals surface area (Å²) in [6.07, 6.45) is 9.05. The van der Waals surface area contributed by atoms with Gasteiger partial charge < -0.3 is 24.6 Å². The van der Waals surface area contributed by atoms with Gasteiger partial charge >= 0.3 is 6.09 Å². The van der Waals surface area contributed by atoms with Gasteiger partial charge in [-0.05, 0) is 79.1 Å². The number of nitrogens with one attached hydrogen (secondary N) is 1. The Labute approximate surface area is 269 Å². The second kappa shape index (κ2) is 11.7. The first-order valence-electron chi connectivity index (χ1n) is 16.6. The Morgan fingerprint density at radius 3 is 2.56 bits per heavy atom. The summed E-state index contributed by atoms with van der Waals surface area (Å²) in [6.45, 7) is 12.1. The molecule has 12 heteroatoms. The Bertz CT molecular complexity index is 1580. The number of piperidine rings is 1. The molecule has 4 fully saturated rings. The Kier molecular flexibility index (Phi) is 8.01. The minimum absolute atomic E-state index is 0.0161. The van der Waals surface area contributed by atoms with E-state index < -0.39 is 11.4 Å². The molecule has 1 aromatic carbocycles. The van der Waals surface area contributed by atoms with Crippen molar-refractivity contribution in [1.82, 2.24) is 29.8 Å². The summed E-state index contributed by atoms with van der Waals surface area (Å²) in [5.74, 6) is 0.387. The minimum Gasteiger partial charge on any atom is -0.444 e. The van der Waals surface area contributed by atoms with Crippen molar-refractivity contribution in [3.05, 3.63) is 28.8 Å². The van der Waals surface area contributed by atoms with E-state index in [4.69, 9.17) is 31.3 Å². The first-order valence-corrected chi connectivity index (χ1v) is 17.0. The van der Waals surface area contributed by atoms with Gasteiger partial charge in [-0.25, -0.2) is 13.9 Å². The lowest BCUT2D eigenvalue weighted by Crippen LogP contribution is -2.65. The van der Waals surface area contributed by atoms with Crippen LogP contribution in [-0.4, -0.2) is 81.0 Å². The number of likely N-dealkylation sites (tertiary alicyclic amines) is 1. The molecule has 0 radical (unpaired) electrons. The highest BCUT2D eigenvalue weighted by Crippen LogP contribution is 2.49. The molecule has 7 rings (SSSR count). The molecule has 5 heterocycles. The van der Waals surface area contributed by atoms with Gasteiger partial charge in [0.15, 0.2) is 12.0 Å². The molecule has 1 saturated carbocycles. The zero-order valence-electron chi connectivity index (χ0n) is 26.9. The third-order valence-electron chi connectivity index (χ3n) is 10.1. The molecule has 1 N–H and O–H groups in total. The Morgan fingerprint density at radius 1 is 1.11 bits per heavy atom. The highest BCUT2D eigenvalue weighted by atomic mass is 35.5. The van der Waals surface area contributed by atoms with Crippen LogP contribution in [0.5, 0.6) is 0 Å². The molecular formula is C33H45ClFN7O3. The predicted octanol–water partition coefficient (Wildman–Crippen LogP) is 6.60. The van der Waals surface area contributed by atoms with Gasteiger partial charge in [0.05, 0.1) is 28.3 Å². The van der Waals surface area contributed by atoms with Crippen LogP contribution in [-0.2, 0) is 9.47 Å². The van der Waals surface area contributed by atoms with E-state index >= 15 is 4.39 Å². The zero-order chi connectivity index (χ0) is 31.5. The van der Waals surface area contributed by atoms with Crippen molar-refractivity contribution >= 4 is 34.4 Å². The van der Waals surface area contributed by atoms with Gasteiger partial charge in [0, 0.05) is 67.6 Å². The molecule has 244 valence electrons. The molecule has 45 heavy (non-hydrogen) atoms. The van der Waals surface area contributed by atoms with Crippen molar-refractivity contribution in [2.24, 2.45) is 0 Å². The Balaban J connectivity index is 1.32. The molecule has 1 aliphatic carbocycles. The van der Waals surface area contributed by atoms with E-state index in [1.807, 2.05) is 31.6 Å². The molecule has 3 saturated heterocycles. The third-order valence-corrected chi connectivity index (χ3v) is 10.5. The van der Waals surface area contributed by atoms with E-state index in [1.165, 1.54) is 12.5 Å². The molecule has 4 aliphatic rings. The number of carbonyl (C=O) groups excluding carboxylic acids is 1. The van der Waals surface area contributed by atoms with E-state index in [0.29, 0.717) is 30.8 Å². The number of amides is 1. The molecular weight excluding hydrogens is 597 g/mol. The van der Waals surface area contributed by atoms with Crippen LogP contribution in [0.25, 0.3) is 22.0 Å². The lowest BCUT2D eigenvalue weighted by atomic mass is 9.74. The van der Waals surface area contributed by atoms with Crippen molar-refractivity contribution in [2.45, 2.75) is 102 Å². The average molecular weight is 642 g/mol. The summed E-state index contributed by atoms with van der Waals surface area (Å²) in [7, 11) is 0. The van der Waals surface area contributed by atoms with Crippen molar-refractivity contribution in [3.8, 4) is 11.1 Å². The van der Waals surface area contributed by atoms with E-state index in [0.717, 1.165) is 87.0 Å². The van der Waals surface area contributed by atoms with E-state index in [1.54, 1.807) is 4.90 Å². The number of ether oxygens (including phenoxy) is 2. The summed E-state index contributed by atoms with van der Waals surface area (Å²) < 4.78 is 31.5. The molecule has 1 spiro atoms. The number of benzene rings is 1. The number of aromatic nitrogens is 4. The van der Waals surface area contributed by atoms with Crippen LogP contribution in [0, 0.1) is 12.7 Å². The number of halogens is 2. The van der Waals surface area contributed by atoms with Crippen molar-refractivity contribution in [3.63, 3.8) is 0 Å². The van der Waals surface area contributed by atoms with Crippen LogP contribution in [0.15, 0.2) is 12.3 Å². The smallest absolute Gasteiger partial charge is 0.410 e. The summed E-state index contributed by atoms with van der Waals surface area (Å²) in [5.41, 5.74) is 2.59. The van der Waals surface area contributed by atoms with Crippen LogP contribution in [0.3, 0.4) is 0 Å². The number of hydrogen-bond donors (Lipinski definition) is 1. The van der Waals surface area contributed by atoms with Crippen LogP contribution < -0.4 is 10.2 Å². The van der Waals surface area contributed by atoms with Crippen molar-refractivity contribution < 1.29 is 18.7 Å². The maximum absolute atomic E-state index is 15.8. The summed E-state index contributed by atoms with van der Waals surface area (Å²) in [4.78, 5) is 17.0. The number of rotatable bonds is 4. The van der Waals surface area contributed by atoms with E-state index in [2.05, 4.69) is 21.8 Å². The topological polar surface area (TPSA) is 89.7 Å². The highest BCUT2D eigenvalue weighted by Gasteiger charge is 2.46. The number of carbonyl (C=O) groups is 1. The second-order valence-corrected chi connectivity index (χ2v) is 14.6. The van der Waals surface area contributed by atoms with Gasteiger partial charge in [-0.1, -0.05) is 11.6 Å². The van der Waals surface area contributed by atoms with Crippen LogP contribution in [0.2, 0.25) is 5.02 Å². The zero-order valence-corrected chi connectivity index (χ0v) is 27.6. The third kappa shape index (κ3) is 5.48. The van der Waals surface area contributed by atoms with Crippen LogP contribution in [0.4, 0.5) is 15.0 Å². The standard InChI is InChI=1S/C33H45ClFN7O3/c1-21-27(28-23-19-37-42(26-8-5-6-17-44-26)25(23)18-24(35)29(28)34)30(40-16-13-36-20-33(40)11-7-12-33)38-41(21)22-9-14-39(15-10-22)31(43)45-32(2,3)4/h18-19,22,26,36H,5-17,20H2,1-4H3. The van der Waals surface area contributed by atoms with Gasteiger partial charge in [0.1, 0.15) is 11.4 Å². The summed E-state index contributed by atoms with van der Waals surface area (Å²) >= 11 is 6.94. The molecule has 0 bridgehead atoms. The fourth-order valence-electron chi connectivity index (χ4n) is 7.69. The first-order chi connectivity index (χ1) is 21.6. The highest BCUT2D eigenvalue weighted by molar-refractivity contribution is 6.35. The van der Waals surface area contributed by atoms with Gasteiger partial charge in [-0.3, -0.25) is 4.68 Å². The molecule has 2 aromatic heterocycles. The molecule has 3 aromatic rings. The Hall–Kier alpha value is -2.89. The van der Waals surface area contributed by atoms with Crippen LogP contribution in [0.1, 0.15) is 90.1 Å². The van der Waals surface area contributed by atoms with Crippen LogP contribution >= 0.6 is 11.6 Å². The van der Waals surface area contributed by atoms with Gasteiger partial charge in [0.25, 0.3) is 0 Å². The molecule has 1 amide bonds. The van der Waals surface area contributed by atoms with Crippen molar-refractivity contribution in [2.75, 3.05) is 44.2 Å². The number of piperazine rings is 1. The predicted molar refractivity (Wildman–Crippen MR) is 172 cm³/mol. The maximum Gasteiger partial charge on any atom is 0.410 e. The Morgan fingerprint density at radius 2 is 1.89 bits per heavy atom. The van der Waals surface area contributed by atoms with E-state index in [-0.39, 0.29) is 28.9 Å². The number of anilines is 1. The SMILES string of the molecule is Cc1c(-c2c(Cl)c(F)cc3c2cnn3C2CCCCO2)c(N2CCNCC23CCC3)nn1C1CCN(C(=O)OC(C)(C)C)CC1. The van der Waals surface area contributed by atoms with E-state index in [9.17, 15) is 4.79 Å². The maximum atomic E-state index is 15.8. The summed E-state index contributed by atoms with van der Waals surface area (Å²) in [5, 5.41) is 14.6. The molecule has 3 aliphatic heterocycles. The average Bonchev–Trinajstić information content (AvgIpc) is 3.57.